The van der Waals surface area contributed by atoms with Crippen LogP contribution in [0, 0.1) is 0 Å². The normalized spacial score (nSPS) is 23.3. The van der Waals surface area contributed by atoms with Gasteiger partial charge in [0.2, 0.25) is 0 Å². The highest BCUT2D eigenvalue weighted by Crippen LogP contribution is 2.47. The van der Waals surface area contributed by atoms with Crippen molar-refractivity contribution in [1.29, 1.82) is 0 Å². The van der Waals surface area contributed by atoms with Crippen molar-refractivity contribution in [2.24, 2.45) is 0 Å². The van der Waals surface area contributed by atoms with Gasteiger partial charge in [-0.3, -0.25) is 18.6 Å². The molecule has 0 aromatic heterocycles. The fraction of sp³-hybridized carbons (Fsp3) is 0.745. The summed E-state index contributed by atoms with van der Waals surface area (Å²) in [4.78, 5) is 35.7. The third-order valence-corrected chi connectivity index (χ3v) is 11.5. The molecule has 1 rings (SSSR count). The molecule has 1 saturated carbocycles. The Labute approximate surface area is 376 Å². The van der Waals surface area contributed by atoms with Crippen LogP contribution in [0.25, 0.3) is 0 Å². The van der Waals surface area contributed by atoms with E-state index in [-0.39, 0.29) is 25.7 Å². The molecule has 0 radical (unpaired) electrons. The Hall–Kier alpha value is -2.53. The van der Waals surface area contributed by atoms with Crippen molar-refractivity contribution < 1.29 is 73.3 Å². The summed E-state index contributed by atoms with van der Waals surface area (Å²) < 4.78 is 33.3. The lowest BCUT2D eigenvalue weighted by Crippen LogP contribution is -2.64. The van der Waals surface area contributed by atoms with Crippen LogP contribution < -0.4 is 0 Å². The zero-order chi connectivity index (χ0) is 46.7. The summed E-state index contributed by atoms with van der Waals surface area (Å²) >= 11 is 0. The topological polar surface area (TPSA) is 250 Å². The second kappa shape index (κ2) is 36.7. The predicted octanol–water partition coefficient (Wildman–Crippen LogP) is 6.89. The maximum Gasteiger partial charge on any atom is 0.472 e. The Morgan fingerprint density at radius 1 is 0.571 bits per heavy atom. The van der Waals surface area contributed by atoms with Gasteiger partial charge in [-0.25, -0.2) is 4.57 Å². The quantitative estimate of drug-likeness (QED) is 0.0104. The first-order valence-corrected chi connectivity index (χ1v) is 24.8. The van der Waals surface area contributed by atoms with E-state index in [1.54, 1.807) is 24.3 Å². The second-order valence-corrected chi connectivity index (χ2v) is 17.7. The van der Waals surface area contributed by atoms with Crippen molar-refractivity contribution in [3.63, 3.8) is 0 Å². The molecule has 10 atom stereocenters. The van der Waals surface area contributed by atoms with Gasteiger partial charge >= 0.3 is 19.8 Å². The highest BCUT2D eigenvalue weighted by Gasteiger charge is 2.51. The molecule has 0 aromatic carbocycles. The molecule has 15 nitrogen and oxygen atoms in total. The van der Waals surface area contributed by atoms with E-state index >= 15 is 0 Å². The number of phosphoric ester groups is 1. The maximum atomic E-state index is 12.8. The van der Waals surface area contributed by atoms with E-state index in [0.29, 0.717) is 12.8 Å². The molecule has 1 aliphatic carbocycles. The van der Waals surface area contributed by atoms with Crippen LogP contribution >= 0.6 is 7.82 Å². The van der Waals surface area contributed by atoms with Crippen LogP contribution in [0.3, 0.4) is 0 Å². The Kier molecular flexibility index (Phi) is 34.0. The Balaban J connectivity index is 2.59. The first-order chi connectivity index (χ1) is 30.2. The number of aliphatic hydroxyl groups is 7. The molecule has 16 heteroatoms. The minimum absolute atomic E-state index is 0.105. The largest absolute Gasteiger partial charge is 0.472 e. The molecular formula is C47H81O15P. The van der Waals surface area contributed by atoms with Crippen LogP contribution in [-0.2, 0) is 32.7 Å². The smallest absolute Gasteiger partial charge is 0.462 e. The number of carbonyl (C=O) groups excluding carboxylic acids is 2. The second-order valence-electron chi connectivity index (χ2n) is 16.3. The van der Waals surface area contributed by atoms with Gasteiger partial charge in [0.05, 0.1) is 18.8 Å². The maximum absolute atomic E-state index is 12.8. The first-order valence-electron chi connectivity index (χ1n) is 23.3. The van der Waals surface area contributed by atoms with Gasteiger partial charge in [-0.1, -0.05) is 145 Å². The van der Waals surface area contributed by atoms with Crippen LogP contribution in [0.4, 0.5) is 0 Å². The lowest BCUT2D eigenvalue weighted by Gasteiger charge is -2.41. The van der Waals surface area contributed by atoms with Gasteiger partial charge in [-0.15, -0.1) is 0 Å². The lowest BCUT2D eigenvalue weighted by molar-refractivity contribution is -0.220. The predicted molar refractivity (Wildman–Crippen MR) is 242 cm³/mol. The molecule has 8 N–H and O–H groups in total. The molecule has 0 aromatic rings. The van der Waals surface area contributed by atoms with E-state index in [0.717, 1.165) is 64.2 Å². The summed E-state index contributed by atoms with van der Waals surface area (Å²) in [6.07, 6.45) is 23.3. The van der Waals surface area contributed by atoms with Gasteiger partial charge in [-0.05, 0) is 57.8 Å². The number of rotatable bonds is 37. The van der Waals surface area contributed by atoms with E-state index < -0.39 is 87.9 Å². The van der Waals surface area contributed by atoms with Gasteiger partial charge in [-0.2, -0.15) is 0 Å². The van der Waals surface area contributed by atoms with Crippen molar-refractivity contribution in [3.05, 3.63) is 60.8 Å². The summed E-state index contributed by atoms with van der Waals surface area (Å²) in [6.45, 7) is 2.99. The molecule has 3 unspecified atom stereocenters. The van der Waals surface area contributed by atoms with Crippen LogP contribution in [0.2, 0.25) is 0 Å². The van der Waals surface area contributed by atoms with Crippen LogP contribution in [-0.4, -0.2) is 121 Å². The number of esters is 2. The SMILES string of the molecule is CCCCCCCC/C=C\CCCCCCCC(=O)OC[C@H](COP(=O)(O)OC1[C@H](O)[C@H](O)C(O)[C@H](O)[C@H]1O)OC(=O)CCC[C@H](O)/C=C/C=C\C/C=C\C=C\[C@H](O)CCCCC. The van der Waals surface area contributed by atoms with Crippen molar-refractivity contribution in [1.82, 2.24) is 0 Å². The lowest BCUT2D eigenvalue weighted by atomic mass is 9.85. The third-order valence-electron chi connectivity index (χ3n) is 10.5. The highest BCUT2D eigenvalue weighted by atomic mass is 31.2. The fourth-order valence-electron chi connectivity index (χ4n) is 6.67. The standard InChI is InChI=1S/C47H81O15P/c1-3-5-7-8-9-10-11-12-13-14-15-16-20-23-27-33-40(50)59-35-39(36-60-63(57,58)62-47-45(55)43(53)42(52)44(54)46(47)56)61-41(51)34-28-32-38(49)31-26-22-19-17-18-21-25-30-37(48)29-24-6-4-2/h12-13,18-19,21-22,25-26,30-31,37-39,42-49,52-56H,3-11,14-17,20,23-24,27-29,32-36H2,1-2H3,(H,57,58)/b13-12-,21-18-,22-19-,30-25+,31-26+/t37-,38-,39-,42?,43-,44+,45-,46-,47?/m1/s1. The average molecular weight is 917 g/mol. The van der Waals surface area contributed by atoms with E-state index in [2.05, 4.69) is 26.0 Å². The summed E-state index contributed by atoms with van der Waals surface area (Å²) in [5.74, 6) is -1.34. The molecule has 364 valence electrons. The number of carbonyl (C=O) groups is 2. The Morgan fingerprint density at radius 3 is 1.62 bits per heavy atom. The fourth-order valence-corrected chi connectivity index (χ4v) is 7.64. The van der Waals surface area contributed by atoms with E-state index in [4.69, 9.17) is 18.5 Å². The van der Waals surface area contributed by atoms with E-state index in [1.165, 1.54) is 38.5 Å². The summed E-state index contributed by atoms with van der Waals surface area (Å²) in [5.41, 5.74) is 0. The minimum Gasteiger partial charge on any atom is -0.462 e. The number of allylic oxidation sites excluding steroid dienone is 8. The number of unbranched alkanes of at least 4 members (excludes halogenated alkanes) is 13. The third kappa shape index (κ3) is 29.6. The molecule has 1 fully saturated rings. The van der Waals surface area contributed by atoms with Crippen LogP contribution in [0.15, 0.2) is 60.8 Å². The summed E-state index contributed by atoms with van der Waals surface area (Å²) in [7, 11) is -5.19. The van der Waals surface area contributed by atoms with E-state index in [9.17, 15) is 54.8 Å². The number of phosphoric acid groups is 1. The van der Waals surface area contributed by atoms with Gasteiger partial charge in [0.1, 0.15) is 43.2 Å². The first kappa shape index (κ1) is 58.5. The molecule has 1 aliphatic rings. The Morgan fingerprint density at radius 2 is 1.05 bits per heavy atom. The molecule has 0 bridgehead atoms. The molecular weight excluding hydrogens is 835 g/mol. The summed E-state index contributed by atoms with van der Waals surface area (Å²) in [5, 5.41) is 70.4. The minimum atomic E-state index is -5.19. The van der Waals surface area contributed by atoms with Crippen LogP contribution in [0.5, 0.6) is 0 Å². The number of ether oxygens (including phenoxy) is 2. The van der Waals surface area contributed by atoms with Gasteiger partial charge < -0.3 is 50.1 Å². The molecule has 0 heterocycles. The monoisotopic (exact) mass is 917 g/mol. The van der Waals surface area contributed by atoms with Crippen LogP contribution in [0.1, 0.15) is 155 Å². The Bertz CT molecular complexity index is 1370. The van der Waals surface area contributed by atoms with Gasteiger partial charge in [0, 0.05) is 12.8 Å². The van der Waals surface area contributed by atoms with Gasteiger partial charge in [0.25, 0.3) is 0 Å². The van der Waals surface area contributed by atoms with Crippen molar-refractivity contribution in [2.45, 2.75) is 210 Å². The van der Waals surface area contributed by atoms with Crippen molar-refractivity contribution in [3.8, 4) is 0 Å². The number of aliphatic hydroxyl groups excluding tert-OH is 7. The number of hydrogen-bond donors (Lipinski definition) is 8. The molecule has 0 aliphatic heterocycles. The summed E-state index contributed by atoms with van der Waals surface area (Å²) in [6, 6.07) is 0. The average Bonchev–Trinajstić information content (AvgIpc) is 3.25. The molecule has 0 saturated heterocycles. The molecule has 0 amide bonds. The van der Waals surface area contributed by atoms with Gasteiger partial charge in [0.15, 0.2) is 6.10 Å². The zero-order valence-corrected chi connectivity index (χ0v) is 38.7. The molecule has 63 heavy (non-hydrogen) atoms. The molecule has 0 spiro atoms. The zero-order valence-electron chi connectivity index (χ0n) is 37.8. The van der Waals surface area contributed by atoms with E-state index in [1.807, 2.05) is 24.3 Å². The highest BCUT2D eigenvalue weighted by molar-refractivity contribution is 7.47. The van der Waals surface area contributed by atoms with Crippen molar-refractivity contribution in [2.75, 3.05) is 13.2 Å². The number of hydrogen-bond acceptors (Lipinski definition) is 14. The van der Waals surface area contributed by atoms with Crippen molar-refractivity contribution >= 4 is 19.8 Å².